The van der Waals surface area contributed by atoms with E-state index in [4.69, 9.17) is 15.5 Å². The highest BCUT2D eigenvalue weighted by molar-refractivity contribution is 14.0. The summed E-state index contributed by atoms with van der Waals surface area (Å²) in [5.74, 6) is 2.01. The van der Waals surface area contributed by atoms with Gasteiger partial charge >= 0.3 is 0 Å². The van der Waals surface area contributed by atoms with E-state index in [9.17, 15) is 4.79 Å². The zero-order valence-corrected chi connectivity index (χ0v) is 19.2. The first kappa shape index (κ1) is 24.5. The summed E-state index contributed by atoms with van der Waals surface area (Å²) >= 11 is 0. The molecule has 1 aromatic carbocycles. The van der Waals surface area contributed by atoms with Crippen LogP contribution in [0, 0.1) is 5.92 Å². The summed E-state index contributed by atoms with van der Waals surface area (Å²) in [6.07, 6.45) is 9.03. The number of nitrogens with zero attached hydrogens (tertiary/aromatic N) is 1. The molecule has 28 heavy (non-hydrogen) atoms. The van der Waals surface area contributed by atoms with E-state index in [1.54, 1.807) is 0 Å². The van der Waals surface area contributed by atoms with Crippen molar-refractivity contribution in [2.75, 3.05) is 26.2 Å². The quantitative estimate of drug-likeness (QED) is 0.188. The Bertz CT molecular complexity index is 587. The summed E-state index contributed by atoms with van der Waals surface area (Å²) in [7, 11) is 0. The lowest BCUT2D eigenvalue weighted by molar-refractivity contribution is -0.119. The molecule has 0 unspecified atom stereocenters. The van der Waals surface area contributed by atoms with Crippen LogP contribution < -0.4 is 21.1 Å². The first-order valence-corrected chi connectivity index (χ1v) is 10.2. The fourth-order valence-electron chi connectivity index (χ4n) is 3.44. The summed E-state index contributed by atoms with van der Waals surface area (Å²) in [6, 6.07) is 7.73. The second-order valence-corrected chi connectivity index (χ2v) is 7.13. The average molecular weight is 502 g/mol. The smallest absolute Gasteiger partial charge is 0.255 e. The van der Waals surface area contributed by atoms with Crippen molar-refractivity contribution in [3.63, 3.8) is 0 Å². The molecule has 158 valence electrons. The lowest BCUT2D eigenvalue weighted by atomic mass is 10.0. The van der Waals surface area contributed by atoms with Gasteiger partial charge in [-0.2, -0.15) is 0 Å². The molecule has 4 N–H and O–H groups in total. The molecule has 1 amide bonds. The largest absolute Gasteiger partial charge is 0.484 e. The minimum atomic E-state index is -0.471. The molecule has 7 heteroatoms. The number of halogens is 1. The third-order valence-electron chi connectivity index (χ3n) is 4.87. The van der Waals surface area contributed by atoms with Crippen LogP contribution in [0.3, 0.4) is 0 Å². The Morgan fingerprint density at radius 2 is 1.93 bits per heavy atom. The van der Waals surface area contributed by atoms with Crippen LogP contribution >= 0.6 is 24.0 Å². The number of nitrogens with two attached hydrogens (primary N) is 1. The molecule has 1 aliphatic rings. The number of primary amides is 1. The van der Waals surface area contributed by atoms with E-state index in [0.29, 0.717) is 5.75 Å². The van der Waals surface area contributed by atoms with E-state index in [0.717, 1.165) is 37.9 Å². The molecular weight excluding hydrogens is 467 g/mol. The van der Waals surface area contributed by atoms with Gasteiger partial charge < -0.3 is 21.1 Å². The van der Waals surface area contributed by atoms with Crippen LogP contribution in [0.5, 0.6) is 5.75 Å². The fourth-order valence-corrected chi connectivity index (χ4v) is 3.44. The van der Waals surface area contributed by atoms with Gasteiger partial charge in [0.05, 0.1) is 0 Å². The first-order chi connectivity index (χ1) is 13.2. The molecule has 0 heterocycles. The van der Waals surface area contributed by atoms with Gasteiger partial charge in [0.25, 0.3) is 5.91 Å². The van der Waals surface area contributed by atoms with Crippen molar-refractivity contribution in [1.29, 1.82) is 0 Å². The molecule has 0 aromatic heterocycles. The van der Waals surface area contributed by atoms with Crippen molar-refractivity contribution < 1.29 is 9.53 Å². The SMILES string of the molecule is CCNC(=NCCCC1CCCC1)NCCc1ccc(OCC(N)=O)cc1.I. The average Bonchev–Trinajstić information content (AvgIpc) is 3.18. The van der Waals surface area contributed by atoms with E-state index >= 15 is 0 Å². The molecule has 1 fully saturated rings. The molecule has 1 aromatic rings. The van der Waals surface area contributed by atoms with E-state index in [-0.39, 0.29) is 30.6 Å². The number of carbonyl (C=O) groups excluding carboxylic acids is 1. The number of aliphatic imine (C=N–C) groups is 1. The number of carbonyl (C=O) groups is 1. The summed E-state index contributed by atoms with van der Waals surface area (Å²) in [5.41, 5.74) is 6.27. The van der Waals surface area contributed by atoms with Gasteiger partial charge in [0, 0.05) is 19.6 Å². The maximum atomic E-state index is 10.7. The van der Waals surface area contributed by atoms with Crippen LogP contribution in [-0.2, 0) is 11.2 Å². The minimum Gasteiger partial charge on any atom is -0.484 e. The third kappa shape index (κ3) is 10.1. The van der Waals surface area contributed by atoms with E-state index in [1.807, 2.05) is 24.3 Å². The minimum absolute atomic E-state index is 0. The number of guanidine groups is 1. The predicted octanol–water partition coefficient (Wildman–Crippen LogP) is 3.24. The Kier molecular flexibility index (Phi) is 12.7. The van der Waals surface area contributed by atoms with Gasteiger partial charge in [-0.3, -0.25) is 9.79 Å². The molecule has 2 rings (SSSR count). The Morgan fingerprint density at radius 3 is 2.57 bits per heavy atom. The molecule has 0 saturated heterocycles. The van der Waals surface area contributed by atoms with Crippen molar-refractivity contribution in [1.82, 2.24) is 10.6 Å². The van der Waals surface area contributed by atoms with Crippen molar-refractivity contribution in [2.24, 2.45) is 16.6 Å². The van der Waals surface area contributed by atoms with Crippen molar-refractivity contribution >= 4 is 35.8 Å². The Labute approximate surface area is 186 Å². The number of nitrogens with one attached hydrogen (secondary N) is 2. The van der Waals surface area contributed by atoms with Crippen LogP contribution in [-0.4, -0.2) is 38.1 Å². The molecule has 1 saturated carbocycles. The van der Waals surface area contributed by atoms with Gasteiger partial charge in [0.2, 0.25) is 0 Å². The molecule has 6 nitrogen and oxygen atoms in total. The standard InChI is InChI=1S/C21H34N4O2.HI/c1-2-23-21(24-14-5-8-17-6-3-4-7-17)25-15-13-18-9-11-19(12-10-18)27-16-20(22)26;/h9-12,17H,2-8,13-16H2,1H3,(H2,22,26)(H2,23,24,25);1H. The maximum Gasteiger partial charge on any atom is 0.255 e. The highest BCUT2D eigenvalue weighted by Gasteiger charge is 2.13. The van der Waals surface area contributed by atoms with Gasteiger partial charge in [-0.25, -0.2) is 0 Å². The topological polar surface area (TPSA) is 88.7 Å². The van der Waals surface area contributed by atoms with Crippen molar-refractivity contribution in [3.8, 4) is 5.75 Å². The number of rotatable bonds is 11. The van der Waals surface area contributed by atoms with Crippen LogP contribution in [0.2, 0.25) is 0 Å². The Morgan fingerprint density at radius 1 is 1.21 bits per heavy atom. The lowest BCUT2D eigenvalue weighted by Gasteiger charge is -2.12. The monoisotopic (exact) mass is 502 g/mol. The molecule has 0 bridgehead atoms. The summed E-state index contributed by atoms with van der Waals surface area (Å²) < 4.78 is 5.27. The van der Waals surface area contributed by atoms with Crippen LogP contribution in [0.4, 0.5) is 0 Å². The summed E-state index contributed by atoms with van der Waals surface area (Å²) in [4.78, 5) is 15.4. The van der Waals surface area contributed by atoms with Gasteiger partial charge in [-0.15, -0.1) is 24.0 Å². The van der Waals surface area contributed by atoms with Crippen LogP contribution in [0.1, 0.15) is 51.0 Å². The second kappa shape index (κ2) is 14.5. The van der Waals surface area contributed by atoms with Crippen LogP contribution in [0.15, 0.2) is 29.3 Å². The van der Waals surface area contributed by atoms with Gasteiger partial charge in [-0.1, -0.05) is 37.8 Å². The normalized spacial score (nSPS) is 14.4. The molecule has 0 aliphatic heterocycles. The molecule has 0 radical (unpaired) electrons. The number of amides is 1. The highest BCUT2D eigenvalue weighted by Crippen LogP contribution is 2.28. The van der Waals surface area contributed by atoms with Gasteiger partial charge in [0.15, 0.2) is 12.6 Å². The van der Waals surface area contributed by atoms with Crippen molar-refractivity contribution in [3.05, 3.63) is 29.8 Å². The number of ether oxygens (including phenoxy) is 1. The molecule has 0 spiro atoms. The predicted molar refractivity (Wildman–Crippen MR) is 125 cm³/mol. The van der Waals surface area contributed by atoms with Crippen LogP contribution in [0.25, 0.3) is 0 Å². The maximum absolute atomic E-state index is 10.7. The first-order valence-electron chi connectivity index (χ1n) is 10.2. The Balaban J connectivity index is 0.00000392. The molecular formula is C21H35IN4O2. The highest BCUT2D eigenvalue weighted by atomic mass is 127. The molecule has 1 aliphatic carbocycles. The zero-order valence-electron chi connectivity index (χ0n) is 16.9. The van der Waals surface area contributed by atoms with E-state index in [1.165, 1.54) is 44.1 Å². The van der Waals surface area contributed by atoms with Gasteiger partial charge in [-0.05, 0) is 49.8 Å². The Hall–Kier alpha value is -1.51. The third-order valence-corrected chi connectivity index (χ3v) is 4.87. The molecule has 0 atom stereocenters. The van der Waals surface area contributed by atoms with Gasteiger partial charge in [0.1, 0.15) is 5.75 Å². The number of benzene rings is 1. The zero-order chi connectivity index (χ0) is 19.3. The lowest BCUT2D eigenvalue weighted by Crippen LogP contribution is -2.38. The number of hydrogen-bond donors (Lipinski definition) is 3. The van der Waals surface area contributed by atoms with E-state index < -0.39 is 5.91 Å². The summed E-state index contributed by atoms with van der Waals surface area (Å²) in [6.45, 7) is 4.55. The fraction of sp³-hybridized carbons (Fsp3) is 0.619. The second-order valence-electron chi connectivity index (χ2n) is 7.13. The number of hydrogen-bond acceptors (Lipinski definition) is 3. The van der Waals surface area contributed by atoms with Crippen molar-refractivity contribution in [2.45, 2.75) is 51.9 Å². The van der Waals surface area contributed by atoms with E-state index in [2.05, 4.69) is 17.6 Å². The summed E-state index contributed by atoms with van der Waals surface area (Å²) in [5, 5.41) is 6.71.